The largest absolute Gasteiger partial charge is 0.347 e. The number of aromatic nitrogens is 2. The zero-order valence-electron chi connectivity index (χ0n) is 9.78. The second kappa shape index (κ2) is 5.59. The molecule has 1 unspecified atom stereocenters. The van der Waals surface area contributed by atoms with Gasteiger partial charge in [-0.2, -0.15) is 0 Å². The first-order valence-corrected chi connectivity index (χ1v) is 5.77. The average Bonchev–Trinajstić information content (AvgIpc) is 2.85. The van der Waals surface area contributed by atoms with Crippen LogP contribution in [-0.2, 0) is 6.42 Å². The predicted molar refractivity (Wildman–Crippen MR) is 65.1 cm³/mol. The molecule has 0 amide bonds. The van der Waals surface area contributed by atoms with Crippen molar-refractivity contribution in [3.63, 3.8) is 0 Å². The van der Waals surface area contributed by atoms with Gasteiger partial charge in [0.05, 0.1) is 6.04 Å². The summed E-state index contributed by atoms with van der Waals surface area (Å²) in [5.74, 6) is 0.678. The van der Waals surface area contributed by atoms with Crippen LogP contribution < -0.4 is 5.32 Å². The molecule has 1 heterocycles. The zero-order chi connectivity index (χ0) is 12.1. The third-order valence-corrected chi connectivity index (χ3v) is 2.68. The quantitative estimate of drug-likeness (QED) is 0.832. The molecule has 1 aromatic heterocycles. The maximum atomic E-state index is 13.6. The van der Waals surface area contributed by atoms with Crippen molar-refractivity contribution < 1.29 is 4.39 Å². The second-order valence-electron chi connectivity index (χ2n) is 3.88. The van der Waals surface area contributed by atoms with Gasteiger partial charge in [0.25, 0.3) is 0 Å². The summed E-state index contributed by atoms with van der Waals surface area (Å²) in [7, 11) is 0. The van der Waals surface area contributed by atoms with Gasteiger partial charge in [0.2, 0.25) is 0 Å². The van der Waals surface area contributed by atoms with Gasteiger partial charge < -0.3 is 10.3 Å². The lowest BCUT2D eigenvalue weighted by atomic mass is 10.0. The summed E-state index contributed by atoms with van der Waals surface area (Å²) < 4.78 is 13.6. The van der Waals surface area contributed by atoms with E-state index in [1.807, 2.05) is 19.1 Å². The lowest BCUT2D eigenvalue weighted by Crippen LogP contribution is -2.24. The smallest absolute Gasteiger partial charge is 0.126 e. The Bertz CT molecular complexity index is 453. The molecule has 3 nitrogen and oxygen atoms in total. The summed E-state index contributed by atoms with van der Waals surface area (Å²) >= 11 is 0. The number of halogens is 1. The van der Waals surface area contributed by atoms with Crippen molar-refractivity contribution in [2.24, 2.45) is 0 Å². The summed E-state index contributed by atoms with van der Waals surface area (Å²) in [6.45, 7) is 2.84. The lowest BCUT2D eigenvalue weighted by Gasteiger charge is -2.15. The van der Waals surface area contributed by atoms with Crippen molar-refractivity contribution in [3.8, 4) is 0 Å². The standard InChI is InChI=1S/C13H16FN3/c1-2-15-12(13-16-7-8-17-13)9-10-5-3-4-6-11(10)14/h3-8,12,15H,2,9H2,1H3,(H,16,17). The highest BCUT2D eigenvalue weighted by atomic mass is 19.1. The van der Waals surface area contributed by atoms with Crippen LogP contribution in [0.15, 0.2) is 36.7 Å². The molecule has 4 heteroatoms. The fourth-order valence-corrected chi connectivity index (χ4v) is 1.86. The summed E-state index contributed by atoms with van der Waals surface area (Å²) in [5.41, 5.74) is 0.704. The number of nitrogens with one attached hydrogen (secondary N) is 2. The van der Waals surface area contributed by atoms with E-state index in [4.69, 9.17) is 0 Å². The minimum absolute atomic E-state index is 0.0203. The number of imidazole rings is 1. The van der Waals surface area contributed by atoms with Crippen molar-refractivity contribution in [3.05, 3.63) is 53.9 Å². The van der Waals surface area contributed by atoms with Crippen molar-refractivity contribution in [1.29, 1.82) is 0 Å². The van der Waals surface area contributed by atoms with Gasteiger partial charge in [-0.15, -0.1) is 0 Å². The van der Waals surface area contributed by atoms with Gasteiger partial charge in [-0.3, -0.25) is 0 Å². The number of nitrogens with zero attached hydrogens (tertiary/aromatic N) is 1. The van der Waals surface area contributed by atoms with Gasteiger partial charge >= 0.3 is 0 Å². The molecule has 0 aliphatic carbocycles. The molecule has 0 spiro atoms. The fourth-order valence-electron chi connectivity index (χ4n) is 1.86. The predicted octanol–water partition coefficient (Wildman–Crippen LogP) is 2.44. The first-order chi connectivity index (χ1) is 8.31. The Hall–Kier alpha value is -1.68. The molecule has 2 aromatic rings. The minimum atomic E-state index is -0.165. The molecular formula is C13H16FN3. The van der Waals surface area contributed by atoms with Crippen LogP contribution in [0.3, 0.4) is 0 Å². The first kappa shape index (κ1) is 11.8. The Kier molecular flexibility index (Phi) is 3.88. The number of hydrogen-bond donors (Lipinski definition) is 2. The first-order valence-electron chi connectivity index (χ1n) is 5.77. The zero-order valence-corrected chi connectivity index (χ0v) is 9.78. The molecule has 2 rings (SSSR count). The van der Waals surface area contributed by atoms with Crippen LogP contribution in [0, 0.1) is 5.82 Å². The summed E-state index contributed by atoms with van der Waals surface area (Å²) in [6.07, 6.45) is 4.08. The maximum absolute atomic E-state index is 13.6. The number of likely N-dealkylation sites (N-methyl/N-ethyl adjacent to an activating group) is 1. The number of aromatic amines is 1. The number of rotatable bonds is 5. The molecule has 0 saturated heterocycles. The molecule has 0 saturated carbocycles. The van der Waals surface area contributed by atoms with Crippen LogP contribution in [0.2, 0.25) is 0 Å². The Labute approximate surface area is 100 Å². The Morgan fingerprint density at radius 1 is 1.41 bits per heavy atom. The Morgan fingerprint density at radius 3 is 2.88 bits per heavy atom. The molecule has 90 valence electrons. The van der Waals surface area contributed by atoms with Gasteiger partial charge in [0.1, 0.15) is 11.6 Å². The molecule has 0 fully saturated rings. The van der Waals surface area contributed by atoms with Crippen molar-refractivity contribution in [2.75, 3.05) is 6.54 Å². The highest BCUT2D eigenvalue weighted by Crippen LogP contribution is 2.17. The van der Waals surface area contributed by atoms with Crippen molar-refractivity contribution in [2.45, 2.75) is 19.4 Å². The van der Waals surface area contributed by atoms with Crippen LogP contribution >= 0.6 is 0 Å². The topological polar surface area (TPSA) is 40.7 Å². The normalized spacial score (nSPS) is 12.6. The highest BCUT2D eigenvalue weighted by molar-refractivity contribution is 5.19. The summed E-state index contributed by atoms with van der Waals surface area (Å²) in [5, 5.41) is 3.30. The Balaban J connectivity index is 2.16. The summed E-state index contributed by atoms with van der Waals surface area (Å²) in [6, 6.07) is 6.87. The van der Waals surface area contributed by atoms with Gasteiger partial charge in [0, 0.05) is 12.4 Å². The van der Waals surface area contributed by atoms with Crippen LogP contribution in [0.25, 0.3) is 0 Å². The number of H-pyrrole nitrogens is 1. The minimum Gasteiger partial charge on any atom is -0.347 e. The third-order valence-electron chi connectivity index (χ3n) is 2.68. The van der Waals surface area contributed by atoms with E-state index < -0.39 is 0 Å². The monoisotopic (exact) mass is 233 g/mol. The van der Waals surface area contributed by atoms with Crippen molar-refractivity contribution in [1.82, 2.24) is 15.3 Å². The molecule has 2 N–H and O–H groups in total. The Morgan fingerprint density at radius 2 is 2.24 bits per heavy atom. The van der Waals surface area contributed by atoms with Crippen LogP contribution in [0.1, 0.15) is 24.4 Å². The van der Waals surface area contributed by atoms with Gasteiger partial charge in [-0.1, -0.05) is 25.1 Å². The lowest BCUT2D eigenvalue weighted by molar-refractivity contribution is 0.509. The van der Waals surface area contributed by atoms with Crippen molar-refractivity contribution >= 4 is 0 Å². The van der Waals surface area contributed by atoms with E-state index in [1.54, 1.807) is 18.5 Å². The molecule has 0 radical (unpaired) electrons. The maximum Gasteiger partial charge on any atom is 0.126 e. The SMILES string of the molecule is CCNC(Cc1ccccc1F)c1ncc[nH]1. The van der Waals surface area contributed by atoms with E-state index in [9.17, 15) is 4.39 Å². The third kappa shape index (κ3) is 2.91. The van der Waals surface area contributed by atoms with Gasteiger partial charge in [0.15, 0.2) is 0 Å². The molecular weight excluding hydrogens is 217 g/mol. The van der Waals surface area contributed by atoms with E-state index >= 15 is 0 Å². The van der Waals surface area contributed by atoms with Crippen LogP contribution in [-0.4, -0.2) is 16.5 Å². The van der Waals surface area contributed by atoms with Gasteiger partial charge in [-0.05, 0) is 24.6 Å². The van der Waals surface area contributed by atoms with E-state index in [2.05, 4.69) is 15.3 Å². The van der Waals surface area contributed by atoms with Crippen LogP contribution in [0.4, 0.5) is 4.39 Å². The molecule has 0 aliphatic heterocycles. The van der Waals surface area contributed by atoms with E-state index in [0.717, 1.165) is 12.4 Å². The molecule has 0 bridgehead atoms. The molecule has 17 heavy (non-hydrogen) atoms. The fraction of sp³-hybridized carbons (Fsp3) is 0.308. The van der Waals surface area contributed by atoms with E-state index in [0.29, 0.717) is 12.0 Å². The van der Waals surface area contributed by atoms with E-state index in [1.165, 1.54) is 6.07 Å². The highest BCUT2D eigenvalue weighted by Gasteiger charge is 2.15. The molecule has 0 aliphatic rings. The molecule has 1 aromatic carbocycles. The summed E-state index contributed by atoms with van der Waals surface area (Å²) in [4.78, 5) is 7.29. The second-order valence-corrected chi connectivity index (χ2v) is 3.88. The molecule has 1 atom stereocenters. The van der Waals surface area contributed by atoms with E-state index in [-0.39, 0.29) is 11.9 Å². The van der Waals surface area contributed by atoms with Crippen LogP contribution in [0.5, 0.6) is 0 Å². The average molecular weight is 233 g/mol. The number of benzene rings is 1. The van der Waals surface area contributed by atoms with Gasteiger partial charge in [-0.25, -0.2) is 9.37 Å². The number of hydrogen-bond acceptors (Lipinski definition) is 2.